The van der Waals surface area contributed by atoms with Crippen molar-refractivity contribution in [2.24, 2.45) is 0 Å². The van der Waals surface area contributed by atoms with Crippen molar-refractivity contribution < 1.29 is 13.9 Å². The number of halogens is 1. The molecule has 6 aromatic rings. The average molecular weight is 535 g/mol. The molecule has 4 aromatic heterocycles. The number of nitrogens with one attached hydrogen (secondary N) is 3. The molecule has 0 radical (unpaired) electrons. The van der Waals surface area contributed by atoms with Gasteiger partial charge in [-0.1, -0.05) is 25.5 Å². The molecule has 2 aromatic carbocycles. The third kappa shape index (κ3) is 4.89. The standard InChI is InChI=1S/C31H27FN6O2/c1-3-4-8-29(39)34-21-12-19(16-33-17-21)25-9-10-27-30(36-25)31(38-37-27)28-15-24-23(6-5-7-26(24)35-28)18-11-20(32)14-22(13-18)40-2/h5-7,9-17,35H,3-4,8H2,1-2H3,(H,34,39)(H,37,38). The smallest absolute Gasteiger partial charge is 0.224 e. The molecule has 0 unspecified atom stereocenters. The van der Waals surface area contributed by atoms with Crippen LogP contribution in [0.4, 0.5) is 10.1 Å². The molecule has 0 aliphatic carbocycles. The number of nitrogens with zero attached hydrogens (tertiary/aromatic N) is 3. The van der Waals surface area contributed by atoms with Crippen molar-refractivity contribution in [3.05, 3.63) is 78.9 Å². The number of methoxy groups -OCH3 is 1. The summed E-state index contributed by atoms with van der Waals surface area (Å²) in [7, 11) is 1.52. The van der Waals surface area contributed by atoms with Crippen LogP contribution >= 0.6 is 0 Å². The van der Waals surface area contributed by atoms with Gasteiger partial charge in [0, 0.05) is 35.2 Å². The highest BCUT2D eigenvalue weighted by molar-refractivity contribution is 6.00. The van der Waals surface area contributed by atoms with Crippen LogP contribution in [0.2, 0.25) is 0 Å². The van der Waals surface area contributed by atoms with Crippen LogP contribution in [0.3, 0.4) is 0 Å². The van der Waals surface area contributed by atoms with E-state index >= 15 is 0 Å². The molecule has 0 bridgehead atoms. The Morgan fingerprint density at radius 2 is 1.93 bits per heavy atom. The van der Waals surface area contributed by atoms with Crippen LogP contribution in [0.15, 0.2) is 73.1 Å². The molecular formula is C31H27FN6O2. The molecular weight excluding hydrogens is 507 g/mol. The van der Waals surface area contributed by atoms with Crippen molar-refractivity contribution in [1.82, 2.24) is 25.1 Å². The first-order valence-electron chi connectivity index (χ1n) is 13.1. The molecule has 40 heavy (non-hydrogen) atoms. The van der Waals surface area contributed by atoms with E-state index < -0.39 is 0 Å². The number of rotatable bonds is 8. The van der Waals surface area contributed by atoms with Crippen LogP contribution in [0, 0.1) is 5.82 Å². The fourth-order valence-electron chi connectivity index (χ4n) is 4.83. The van der Waals surface area contributed by atoms with E-state index in [-0.39, 0.29) is 11.7 Å². The highest BCUT2D eigenvalue weighted by atomic mass is 19.1. The van der Waals surface area contributed by atoms with E-state index in [1.807, 2.05) is 48.5 Å². The van der Waals surface area contributed by atoms with Gasteiger partial charge in [-0.2, -0.15) is 5.10 Å². The zero-order chi connectivity index (χ0) is 27.6. The highest BCUT2D eigenvalue weighted by Gasteiger charge is 2.16. The molecule has 200 valence electrons. The first-order valence-corrected chi connectivity index (χ1v) is 13.1. The average Bonchev–Trinajstić information content (AvgIpc) is 3.59. The summed E-state index contributed by atoms with van der Waals surface area (Å²) in [5.74, 6) is 0.0595. The summed E-state index contributed by atoms with van der Waals surface area (Å²) < 4.78 is 19.6. The van der Waals surface area contributed by atoms with Gasteiger partial charge < -0.3 is 15.0 Å². The number of unbranched alkanes of at least 4 members (excludes halogenated alkanes) is 1. The zero-order valence-corrected chi connectivity index (χ0v) is 22.1. The fourth-order valence-corrected chi connectivity index (χ4v) is 4.83. The van der Waals surface area contributed by atoms with Gasteiger partial charge in [0.1, 0.15) is 22.8 Å². The monoisotopic (exact) mass is 534 g/mol. The second-order valence-corrected chi connectivity index (χ2v) is 9.61. The molecule has 8 nitrogen and oxygen atoms in total. The minimum Gasteiger partial charge on any atom is -0.497 e. The lowest BCUT2D eigenvalue weighted by Gasteiger charge is -2.07. The molecule has 0 atom stereocenters. The van der Waals surface area contributed by atoms with E-state index in [0.29, 0.717) is 34.8 Å². The number of ether oxygens (including phenoxy) is 1. The molecule has 4 heterocycles. The topological polar surface area (TPSA) is 109 Å². The van der Waals surface area contributed by atoms with Crippen molar-refractivity contribution in [3.63, 3.8) is 0 Å². The van der Waals surface area contributed by atoms with Gasteiger partial charge in [-0.25, -0.2) is 9.37 Å². The normalized spacial score (nSPS) is 11.3. The maximum absolute atomic E-state index is 14.3. The molecule has 0 aliphatic rings. The number of pyridine rings is 2. The molecule has 0 saturated heterocycles. The van der Waals surface area contributed by atoms with E-state index in [1.165, 1.54) is 19.2 Å². The van der Waals surface area contributed by atoms with Crippen molar-refractivity contribution in [2.45, 2.75) is 26.2 Å². The van der Waals surface area contributed by atoms with Gasteiger partial charge in [0.15, 0.2) is 0 Å². The van der Waals surface area contributed by atoms with Crippen LogP contribution in [-0.2, 0) is 4.79 Å². The highest BCUT2D eigenvalue weighted by Crippen LogP contribution is 2.35. The number of hydrogen-bond acceptors (Lipinski definition) is 5. The van der Waals surface area contributed by atoms with Crippen molar-refractivity contribution in [3.8, 4) is 39.5 Å². The molecule has 0 aliphatic heterocycles. The Hall–Kier alpha value is -5.05. The lowest BCUT2D eigenvalue weighted by molar-refractivity contribution is -0.116. The number of amides is 1. The second-order valence-electron chi connectivity index (χ2n) is 9.61. The van der Waals surface area contributed by atoms with Gasteiger partial charge in [-0.3, -0.25) is 14.9 Å². The minimum absolute atomic E-state index is 0.0313. The molecule has 3 N–H and O–H groups in total. The molecule has 0 spiro atoms. The first kappa shape index (κ1) is 25.2. The Morgan fingerprint density at radius 1 is 1.02 bits per heavy atom. The van der Waals surface area contributed by atoms with E-state index in [9.17, 15) is 9.18 Å². The lowest BCUT2D eigenvalue weighted by atomic mass is 10.0. The first-order chi connectivity index (χ1) is 19.5. The molecule has 1 amide bonds. The number of carbonyl (C=O) groups is 1. The summed E-state index contributed by atoms with van der Waals surface area (Å²) in [6.07, 6.45) is 5.62. The van der Waals surface area contributed by atoms with Crippen LogP contribution in [0.25, 0.3) is 55.7 Å². The third-order valence-electron chi connectivity index (χ3n) is 6.82. The summed E-state index contributed by atoms with van der Waals surface area (Å²) in [6.45, 7) is 2.05. The minimum atomic E-state index is -0.365. The number of benzene rings is 2. The van der Waals surface area contributed by atoms with Gasteiger partial charge in [-0.15, -0.1) is 0 Å². The predicted octanol–water partition coefficient (Wildman–Crippen LogP) is 7.11. The summed E-state index contributed by atoms with van der Waals surface area (Å²) in [5.41, 5.74) is 7.50. The van der Waals surface area contributed by atoms with Gasteiger partial charge in [0.25, 0.3) is 0 Å². The van der Waals surface area contributed by atoms with E-state index in [1.54, 1.807) is 12.4 Å². The number of carbonyl (C=O) groups excluding carboxylic acids is 1. The molecule has 0 saturated carbocycles. The largest absolute Gasteiger partial charge is 0.497 e. The molecule has 6 rings (SSSR count). The predicted molar refractivity (Wildman–Crippen MR) is 155 cm³/mol. The Labute approximate surface area is 229 Å². The summed E-state index contributed by atoms with van der Waals surface area (Å²) >= 11 is 0. The van der Waals surface area contributed by atoms with E-state index in [4.69, 9.17) is 9.72 Å². The number of hydrogen-bond donors (Lipinski definition) is 3. The summed E-state index contributed by atoms with van der Waals surface area (Å²) in [6, 6.07) is 18.2. The number of H-pyrrole nitrogens is 2. The summed E-state index contributed by atoms with van der Waals surface area (Å²) in [5, 5.41) is 11.5. The number of anilines is 1. The molecule has 9 heteroatoms. The van der Waals surface area contributed by atoms with E-state index in [2.05, 4.69) is 32.4 Å². The fraction of sp³-hybridized carbons (Fsp3) is 0.161. The van der Waals surface area contributed by atoms with Gasteiger partial charge in [-0.05, 0) is 60.0 Å². The maximum atomic E-state index is 14.3. The van der Waals surface area contributed by atoms with Crippen LogP contribution < -0.4 is 10.1 Å². The van der Waals surface area contributed by atoms with Crippen LogP contribution in [0.5, 0.6) is 5.75 Å². The Balaban J connectivity index is 1.38. The quantitative estimate of drug-likeness (QED) is 0.193. The van der Waals surface area contributed by atoms with Crippen LogP contribution in [0.1, 0.15) is 26.2 Å². The van der Waals surface area contributed by atoms with Crippen LogP contribution in [-0.4, -0.2) is 38.2 Å². The second kappa shape index (κ2) is 10.6. The Morgan fingerprint density at radius 3 is 2.77 bits per heavy atom. The van der Waals surface area contributed by atoms with Gasteiger partial charge >= 0.3 is 0 Å². The van der Waals surface area contributed by atoms with Crippen molar-refractivity contribution in [1.29, 1.82) is 0 Å². The Kier molecular flexibility index (Phi) is 6.69. The van der Waals surface area contributed by atoms with Gasteiger partial charge in [0.2, 0.25) is 5.91 Å². The molecule has 0 fully saturated rings. The SMILES string of the molecule is CCCCC(=O)Nc1cncc(-c2ccc3[nH]nc(-c4cc5c(-c6cc(F)cc(OC)c6)cccc5[nH]4)c3n2)c1. The third-order valence-corrected chi connectivity index (χ3v) is 6.82. The van der Waals surface area contributed by atoms with Crippen molar-refractivity contribution in [2.75, 3.05) is 12.4 Å². The number of aromatic amines is 2. The number of fused-ring (bicyclic) bond motifs is 2. The van der Waals surface area contributed by atoms with Gasteiger partial charge in [0.05, 0.1) is 35.9 Å². The van der Waals surface area contributed by atoms with E-state index in [0.717, 1.165) is 51.6 Å². The maximum Gasteiger partial charge on any atom is 0.224 e. The van der Waals surface area contributed by atoms with Crippen molar-refractivity contribution >= 4 is 33.5 Å². The number of aromatic nitrogens is 5. The zero-order valence-electron chi connectivity index (χ0n) is 22.1. The Bertz CT molecular complexity index is 1860. The lowest BCUT2D eigenvalue weighted by Crippen LogP contribution is -2.11. The summed E-state index contributed by atoms with van der Waals surface area (Å²) in [4.78, 5) is 24.9.